The fourth-order valence-electron chi connectivity index (χ4n) is 5.72. The first-order valence-electron chi connectivity index (χ1n) is 11.0. The molecule has 4 aromatic rings. The largest absolute Gasteiger partial charge is 0.390 e. The highest BCUT2D eigenvalue weighted by Gasteiger charge is 2.56. The minimum atomic E-state index is -0.862. The standard InChI is InChI=1S/C24H26N6O2/c1-13-16-6-7-30(23(16)28-12-27-13)19-10-24(22(32)21(19)31)9-18(26-11-24)15-3-2-14-4-5-20(25)29-17(14)8-15/h2-8,12,18-19,21-22,26,31-32H,9-11H2,1H3,(H2,25,29)/t18-,19+,21-,22-,24-/m0/s1. The number of nitrogens with two attached hydrogens (primary N) is 1. The molecule has 1 spiro atoms. The normalized spacial score (nSPS) is 30.1. The van der Waals surface area contributed by atoms with Gasteiger partial charge >= 0.3 is 0 Å². The van der Waals surface area contributed by atoms with E-state index in [1.165, 1.54) is 0 Å². The molecule has 2 fully saturated rings. The van der Waals surface area contributed by atoms with Gasteiger partial charge in [0.1, 0.15) is 23.9 Å². The van der Waals surface area contributed by atoms with Crippen molar-refractivity contribution in [3.8, 4) is 0 Å². The van der Waals surface area contributed by atoms with Crippen LogP contribution in [-0.4, -0.2) is 48.5 Å². The van der Waals surface area contributed by atoms with Crippen molar-refractivity contribution < 1.29 is 10.2 Å². The predicted octanol–water partition coefficient (Wildman–Crippen LogP) is 2.26. The third kappa shape index (κ3) is 2.83. The van der Waals surface area contributed by atoms with Crippen LogP contribution in [0.4, 0.5) is 5.82 Å². The number of nitrogen functional groups attached to an aromatic ring is 1. The summed E-state index contributed by atoms with van der Waals surface area (Å²) in [5, 5.41) is 27.8. The lowest BCUT2D eigenvalue weighted by Crippen LogP contribution is -2.38. The van der Waals surface area contributed by atoms with E-state index in [-0.39, 0.29) is 12.1 Å². The van der Waals surface area contributed by atoms with E-state index in [1.54, 1.807) is 12.4 Å². The maximum atomic E-state index is 11.2. The third-order valence-electron chi connectivity index (χ3n) is 7.48. The van der Waals surface area contributed by atoms with E-state index < -0.39 is 17.6 Å². The Morgan fingerprint density at radius 2 is 1.97 bits per heavy atom. The molecule has 1 aliphatic heterocycles. The number of aliphatic hydroxyl groups is 2. The van der Waals surface area contributed by atoms with Gasteiger partial charge in [0.2, 0.25) is 0 Å². The molecule has 0 amide bonds. The van der Waals surface area contributed by atoms with E-state index >= 15 is 0 Å². The minimum absolute atomic E-state index is 0.0780. The van der Waals surface area contributed by atoms with Gasteiger partial charge in [-0.15, -0.1) is 0 Å². The molecule has 32 heavy (non-hydrogen) atoms. The first-order chi connectivity index (χ1) is 15.4. The average Bonchev–Trinajstić information content (AvgIpc) is 3.47. The average molecular weight is 431 g/mol. The van der Waals surface area contributed by atoms with E-state index in [0.717, 1.165) is 39.6 Å². The van der Waals surface area contributed by atoms with Crippen LogP contribution >= 0.6 is 0 Å². The van der Waals surface area contributed by atoms with Crippen LogP contribution in [0.3, 0.4) is 0 Å². The van der Waals surface area contributed by atoms with Crippen molar-refractivity contribution in [2.24, 2.45) is 5.41 Å². The van der Waals surface area contributed by atoms with Gasteiger partial charge in [-0.05, 0) is 49.6 Å². The lowest BCUT2D eigenvalue weighted by molar-refractivity contribution is -0.0218. The lowest BCUT2D eigenvalue weighted by Gasteiger charge is -2.27. The maximum Gasteiger partial charge on any atom is 0.143 e. The van der Waals surface area contributed by atoms with Crippen LogP contribution in [0, 0.1) is 12.3 Å². The maximum absolute atomic E-state index is 11.2. The zero-order valence-electron chi connectivity index (χ0n) is 17.8. The molecule has 1 saturated carbocycles. The first-order valence-corrected chi connectivity index (χ1v) is 11.0. The van der Waals surface area contributed by atoms with Gasteiger partial charge in [0.15, 0.2) is 0 Å². The topological polar surface area (TPSA) is 122 Å². The molecule has 6 rings (SSSR count). The SMILES string of the molecule is Cc1ncnc2c1ccn2[C@@H]1C[C@@]2(CN[C@H](c3ccc4ccc(N)nc4c3)C2)[C@@H](O)[C@H]1O. The molecule has 5 atom stereocenters. The lowest BCUT2D eigenvalue weighted by atomic mass is 9.80. The van der Waals surface area contributed by atoms with Crippen LogP contribution in [0.5, 0.6) is 0 Å². The van der Waals surface area contributed by atoms with Gasteiger partial charge in [-0.1, -0.05) is 12.1 Å². The summed E-state index contributed by atoms with van der Waals surface area (Å²) in [4.78, 5) is 13.2. The number of nitrogens with zero attached hydrogens (tertiary/aromatic N) is 4. The molecule has 164 valence electrons. The number of fused-ring (bicyclic) bond motifs is 2. The summed E-state index contributed by atoms with van der Waals surface area (Å²) in [5.74, 6) is 0.501. The Balaban J connectivity index is 1.31. The molecule has 0 unspecified atom stereocenters. The fraction of sp³-hybridized carbons (Fsp3) is 0.375. The van der Waals surface area contributed by atoms with E-state index in [0.29, 0.717) is 18.8 Å². The zero-order chi connectivity index (χ0) is 22.0. The molecule has 8 heteroatoms. The van der Waals surface area contributed by atoms with Crippen molar-refractivity contribution in [3.63, 3.8) is 0 Å². The number of nitrogens with one attached hydrogen (secondary N) is 1. The number of rotatable bonds is 2. The number of hydrogen-bond acceptors (Lipinski definition) is 7. The molecule has 1 aromatic carbocycles. The molecule has 5 N–H and O–H groups in total. The summed E-state index contributed by atoms with van der Waals surface area (Å²) >= 11 is 0. The van der Waals surface area contributed by atoms with Crippen molar-refractivity contribution >= 4 is 27.8 Å². The second-order valence-electron chi connectivity index (χ2n) is 9.31. The van der Waals surface area contributed by atoms with Crippen LogP contribution in [-0.2, 0) is 0 Å². The zero-order valence-corrected chi connectivity index (χ0v) is 17.8. The van der Waals surface area contributed by atoms with Crippen LogP contribution in [0.25, 0.3) is 21.9 Å². The van der Waals surface area contributed by atoms with Gasteiger partial charge in [-0.25, -0.2) is 15.0 Å². The van der Waals surface area contributed by atoms with Gasteiger partial charge in [-0.2, -0.15) is 0 Å². The minimum Gasteiger partial charge on any atom is -0.390 e. The number of aryl methyl sites for hydroxylation is 1. The molecule has 4 heterocycles. The molecule has 1 saturated heterocycles. The predicted molar refractivity (Wildman–Crippen MR) is 122 cm³/mol. The van der Waals surface area contributed by atoms with Gasteiger partial charge in [-0.3, -0.25) is 0 Å². The van der Waals surface area contributed by atoms with E-state index in [4.69, 9.17) is 5.73 Å². The summed E-state index contributed by atoms with van der Waals surface area (Å²) in [6, 6.07) is 11.8. The highest BCUT2D eigenvalue weighted by molar-refractivity contribution is 5.81. The molecule has 1 aliphatic carbocycles. The van der Waals surface area contributed by atoms with Crippen LogP contribution in [0.1, 0.15) is 36.2 Å². The number of hydrogen-bond donors (Lipinski definition) is 4. The monoisotopic (exact) mass is 430 g/mol. The van der Waals surface area contributed by atoms with Gasteiger partial charge in [0.25, 0.3) is 0 Å². The summed E-state index contributed by atoms with van der Waals surface area (Å²) in [7, 11) is 0. The van der Waals surface area contributed by atoms with Gasteiger partial charge < -0.3 is 25.8 Å². The van der Waals surface area contributed by atoms with Crippen LogP contribution in [0.15, 0.2) is 48.9 Å². The second kappa shape index (κ2) is 6.96. The molecular weight excluding hydrogens is 404 g/mol. The number of aliphatic hydroxyl groups excluding tert-OH is 2. The number of pyridine rings is 1. The van der Waals surface area contributed by atoms with Crippen molar-refractivity contribution in [2.45, 2.75) is 44.1 Å². The Kier molecular flexibility index (Phi) is 4.27. The molecule has 3 aromatic heterocycles. The summed E-state index contributed by atoms with van der Waals surface area (Å²) in [5.41, 5.74) is 9.14. The summed E-state index contributed by atoms with van der Waals surface area (Å²) < 4.78 is 2.00. The highest BCUT2D eigenvalue weighted by atomic mass is 16.3. The molecule has 0 radical (unpaired) electrons. The molecular formula is C24H26N6O2. The van der Waals surface area contributed by atoms with E-state index in [1.807, 2.05) is 29.8 Å². The number of anilines is 1. The van der Waals surface area contributed by atoms with Crippen LogP contribution < -0.4 is 11.1 Å². The van der Waals surface area contributed by atoms with Crippen molar-refractivity contribution in [3.05, 3.63) is 60.2 Å². The first kappa shape index (κ1) is 19.6. The Morgan fingerprint density at radius 1 is 1.12 bits per heavy atom. The molecule has 0 bridgehead atoms. The van der Waals surface area contributed by atoms with Crippen molar-refractivity contribution in [2.75, 3.05) is 12.3 Å². The Morgan fingerprint density at radius 3 is 2.84 bits per heavy atom. The molecule has 2 aliphatic rings. The summed E-state index contributed by atoms with van der Waals surface area (Å²) in [6.07, 6.45) is 3.23. The quantitative estimate of drug-likeness (QED) is 0.385. The van der Waals surface area contributed by atoms with Crippen LogP contribution in [0.2, 0.25) is 0 Å². The van der Waals surface area contributed by atoms with Gasteiger partial charge in [0, 0.05) is 35.0 Å². The Hall–Kier alpha value is -3.07. The van der Waals surface area contributed by atoms with E-state index in [2.05, 4.69) is 38.5 Å². The number of benzene rings is 1. The van der Waals surface area contributed by atoms with Crippen molar-refractivity contribution in [1.29, 1.82) is 0 Å². The second-order valence-corrected chi connectivity index (χ2v) is 9.31. The Labute approximate surface area is 185 Å². The highest BCUT2D eigenvalue weighted by Crippen LogP contribution is 2.52. The van der Waals surface area contributed by atoms with E-state index in [9.17, 15) is 10.2 Å². The number of aromatic nitrogens is 4. The van der Waals surface area contributed by atoms with Crippen molar-refractivity contribution in [1.82, 2.24) is 24.8 Å². The van der Waals surface area contributed by atoms with Gasteiger partial charge in [0.05, 0.1) is 23.4 Å². The third-order valence-corrected chi connectivity index (χ3v) is 7.48. The molecule has 8 nitrogen and oxygen atoms in total. The smallest absolute Gasteiger partial charge is 0.143 e. The fourth-order valence-corrected chi connectivity index (χ4v) is 5.72. The summed E-state index contributed by atoms with van der Waals surface area (Å²) in [6.45, 7) is 2.59. The Bertz CT molecular complexity index is 1340.